The van der Waals surface area contributed by atoms with Crippen molar-refractivity contribution in [3.8, 4) is 11.5 Å². The summed E-state index contributed by atoms with van der Waals surface area (Å²) in [6, 6.07) is 14.5. The van der Waals surface area contributed by atoms with E-state index in [1.807, 2.05) is 30.2 Å². The van der Waals surface area contributed by atoms with Crippen molar-refractivity contribution < 1.29 is 23.5 Å². The third kappa shape index (κ3) is 5.70. The Morgan fingerprint density at radius 3 is 2.67 bits per heavy atom. The highest BCUT2D eigenvalue weighted by molar-refractivity contribution is 7.10. The topological polar surface area (TPSA) is 59.1 Å². The van der Waals surface area contributed by atoms with Crippen molar-refractivity contribution in [1.82, 2.24) is 9.80 Å². The number of nitrogens with zero attached hydrogens (tertiary/aromatic N) is 2. The minimum absolute atomic E-state index is 0.0302. The summed E-state index contributed by atoms with van der Waals surface area (Å²) < 4.78 is 24.6. The van der Waals surface area contributed by atoms with Gasteiger partial charge in [-0.1, -0.05) is 13.0 Å². The third-order valence-corrected chi connectivity index (χ3v) is 7.64. The van der Waals surface area contributed by atoms with Gasteiger partial charge in [0.1, 0.15) is 30.5 Å². The average molecular weight is 511 g/mol. The first-order chi connectivity index (χ1) is 17.4. The molecule has 0 N–H and O–H groups in total. The smallest absolute Gasteiger partial charge is 0.254 e. The summed E-state index contributed by atoms with van der Waals surface area (Å²) in [5.74, 6) is 0.471. The molecule has 0 unspecified atom stereocenters. The van der Waals surface area contributed by atoms with Gasteiger partial charge in [-0.2, -0.15) is 0 Å². The van der Waals surface area contributed by atoms with E-state index in [0.29, 0.717) is 23.6 Å². The van der Waals surface area contributed by atoms with Crippen molar-refractivity contribution in [2.45, 2.75) is 38.8 Å². The molecular weight excluding hydrogens is 479 g/mol. The lowest BCUT2D eigenvalue weighted by Crippen LogP contribution is -2.49. The predicted molar refractivity (Wildman–Crippen MR) is 138 cm³/mol. The molecule has 2 heterocycles. The summed E-state index contributed by atoms with van der Waals surface area (Å²) in [7, 11) is 1.56. The van der Waals surface area contributed by atoms with Crippen LogP contribution in [-0.2, 0) is 11.2 Å². The van der Waals surface area contributed by atoms with Crippen LogP contribution in [-0.4, -0.2) is 54.5 Å². The summed E-state index contributed by atoms with van der Waals surface area (Å²) in [4.78, 5) is 31.8. The van der Waals surface area contributed by atoms with Gasteiger partial charge < -0.3 is 19.3 Å². The second-order valence-electron chi connectivity index (χ2n) is 8.84. The van der Waals surface area contributed by atoms with Gasteiger partial charge in [0.15, 0.2) is 0 Å². The average Bonchev–Trinajstić information content (AvgIpc) is 3.39. The van der Waals surface area contributed by atoms with Gasteiger partial charge in [0.05, 0.1) is 13.2 Å². The zero-order valence-corrected chi connectivity index (χ0v) is 21.6. The highest BCUT2D eigenvalue weighted by Gasteiger charge is 2.34. The number of hydrogen-bond donors (Lipinski definition) is 0. The number of methoxy groups -OCH3 is 1. The van der Waals surface area contributed by atoms with Crippen molar-refractivity contribution in [3.63, 3.8) is 0 Å². The molecule has 0 spiro atoms. The van der Waals surface area contributed by atoms with E-state index in [1.54, 1.807) is 59.7 Å². The minimum Gasteiger partial charge on any atom is -0.497 e. The molecule has 0 fully saturated rings. The molecule has 4 rings (SSSR count). The first-order valence-electron chi connectivity index (χ1n) is 12.1. The Morgan fingerprint density at radius 2 is 1.94 bits per heavy atom. The van der Waals surface area contributed by atoms with Crippen LogP contribution in [0.4, 0.5) is 4.39 Å². The van der Waals surface area contributed by atoms with Gasteiger partial charge in [-0.25, -0.2) is 4.39 Å². The molecule has 1 aliphatic rings. The standard InChI is InChI=1S/C28H31FN2O4S/c1-4-19(2)31(28(33)20-6-5-7-23(16-20)34-3)17-27(32)30-14-12-26-24(13-15-36-26)25(30)18-35-22-10-8-21(29)9-11-22/h5-11,13,15-16,19,25H,4,12,14,17-18H2,1-3H3/t19-,25+/m0/s1. The van der Waals surface area contributed by atoms with Gasteiger partial charge in [-0.15, -0.1) is 11.3 Å². The molecule has 6 nitrogen and oxygen atoms in total. The molecule has 8 heteroatoms. The zero-order chi connectivity index (χ0) is 25.7. The summed E-state index contributed by atoms with van der Waals surface area (Å²) in [5, 5.41) is 2.03. The monoisotopic (exact) mass is 510 g/mol. The van der Waals surface area contributed by atoms with E-state index in [1.165, 1.54) is 17.0 Å². The van der Waals surface area contributed by atoms with Crippen molar-refractivity contribution in [2.75, 3.05) is 26.8 Å². The second kappa shape index (κ2) is 11.6. The predicted octanol–water partition coefficient (Wildman–Crippen LogP) is 5.34. The molecular formula is C28H31FN2O4S. The molecule has 2 atom stereocenters. The summed E-state index contributed by atoms with van der Waals surface area (Å²) >= 11 is 1.68. The molecule has 1 aromatic heterocycles. The van der Waals surface area contributed by atoms with Crippen LogP contribution < -0.4 is 9.47 Å². The lowest BCUT2D eigenvalue weighted by molar-refractivity contribution is -0.136. The van der Waals surface area contributed by atoms with Crippen molar-refractivity contribution in [3.05, 3.63) is 81.8 Å². The van der Waals surface area contributed by atoms with E-state index in [2.05, 4.69) is 0 Å². The maximum absolute atomic E-state index is 13.7. The fourth-order valence-corrected chi connectivity index (χ4v) is 5.32. The molecule has 3 aromatic rings. The third-order valence-electron chi connectivity index (χ3n) is 6.64. The van der Waals surface area contributed by atoms with Crippen LogP contribution in [0.1, 0.15) is 47.1 Å². The summed E-state index contributed by atoms with van der Waals surface area (Å²) in [6.45, 7) is 4.71. The minimum atomic E-state index is -0.331. The molecule has 36 heavy (non-hydrogen) atoms. The lowest BCUT2D eigenvalue weighted by Gasteiger charge is -2.38. The Kier molecular flexibility index (Phi) is 8.25. The number of carbonyl (C=O) groups excluding carboxylic acids is 2. The van der Waals surface area contributed by atoms with E-state index in [-0.39, 0.29) is 42.9 Å². The number of ether oxygens (including phenoxy) is 2. The van der Waals surface area contributed by atoms with E-state index in [9.17, 15) is 14.0 Å². The summed E-state index contributed by atoms with van der Waals surface area (Å²) in [5.41, 5.74) is 1.55. The Hall–Kier alpha value is -3.39. The van der Waals surface area contributed by atoms with Gasteiger partial charge in [0.25, 0.3) is 5.91 Å². The van der Waals surface area contributed by atoms with Crippen molar-refractivity contribution in [1.29, 1.82) is 0 Å². The van der Waals surface area contributed by atoms with Crippen LogP contribution >= 0.6 is 11.3 Å². The van der Waals surface area contributed by atoms with Crippen LogP contribution in [0.3, 0.4) is 0 Å². The van der Waals surface area contributed by atoms with Crippen LogP contribution in [0.25, 0.3) is 0 Å². The lowest BCUT2D eigenvalue weighted by atomic mass is 10.00. The quantitative estimate of drug-likeness (QED) is 0.390. The molecule has 0 radical (unpaired) electrons. The van der Waals surface area contributed by atoms with Crippen molar-refractivity contribution >= 4 is 23.2 Å². The number of thiophene rings is 1. The maximum atomic E-state index is 13.7. The van der Waals surface area contributed by atoms with Gasteiger partial charge >= 0.3 is 0 Å². The molecule has 0 aliphatic carbocycles. The Balaban J connectivity index is 1.54. The SMILES string of the molecule is CC[C@H](C)N(CC(=O)N1CCc2sccc2[C@H]1COc1ccc(F)cc1)C(=O)c1cccc(OC)c1. The van der Waals surface area contributed by atoms with Crippen molar-refractivity contribution in [2.24, 2.45) is 0 Å². The number of halogens is 1. The van der Waals surface area contributed by atoms with E-state index in [4.69, 9.17) is 9.47 Å². The van der Waals surface area contributed by atoms with Gasteiger partial charge in [0, 0.05) is 23.0 Å². The first kappa shape index (κ1) is 25.7. The number of fused-ring (bicyclic) bond motifs is 1. The fraction of sp³-hybridized carbons (Fsp3) is 0.357. The number of hydrogen-bond acceptors (Lipinski definition) is 5. The Bertz CT molecular complexity index is 1200. The van der Waals surface area contributed by atoms with Crippen LogP contribution in [0.5, 0.6) is 11.5 Å². The van der Waals surface area contributed by atoms with E-state index >= 15 is 0 Å². The van der Waals surface area contributed by atoms with Crippen LogP contribution in [0.2, 0.25) is 0 Å². The first-order valence-corrected chi connectivity index (χ1v) is 13.0. The zero-order valence-electron chi connectivity index (χ0n) is 20.8. The largest absolute Gasteiger partial charge is 0.497 e. The highest BCUT2D eigenvalue weighted by atomic mass is 32.1. The number of carbonyl (C=O) groups is 2. The molecule has 190 valence electrons. The Morgan fingerprint density at radius 1 is 1.17 bits per heavy atom. The maximum Gasteiger partial charge on any atom is 0.254 e. The number of amides is 2. The number of benzene rings is 2. The van der Waals surface area contributed by atoms with Crippen LogP contribution in [0, 0.1) is 5.82 Å². The van der Waals surface area contributed by atoms with Gasteiger partial charge in [-0.05, 0) is 79.2 Å². The van der Waals surface area contributed by atoms with Gasteiger partial charge in [-0.3, -0.25) is 9.59 Å². The second-order valence-corrected chi connectivity index (χ2v) is 9.84. The Labute approximate surface area is 215 Å². The molecule has 2 aromatic carbocycles. The van der Waals surface area contributed by atoms with Crippen LogP contribution in [0.15, 0.2) is 60.0 Å². The molecule has 2 amide bonds. The van der Waals surface area contributed by atoms with E-state index in [0.717, 1.165) is 18.4 Å². The molecule has 1 aliphatic heterocycles. The molecule has 0 saturated heterocycles. The fourth-order valence-electron chi connectivity index (χ4n) is 4.39. The van der Waals surface area contributed by atoms with Gasteiger partial charge in [0.2, 0.25) is 5.91 Å². The van der Waals surface area contributed by atoms with E-state index < -0.39 is 0 Å². The molecule has 0 bridgehead atoms. The highest BCUT2D eigenvalue weighted by Crippen LogP contribution is 2.34. The summed E-state index contributed by atoms with van der Waals surface area (Å²) in [6.07, 6.45) is 1.48. The number of rotatable bonds is 9. The normalized spacial score (nSPS) is 15.7. The molecule has 0 saturated carbocycles.